The molecule has 0 bridgehead atoms. The van der Waals surface area contributed by atoms with Crippen LogP contribution in [0.1, 0.15) is 77.0 Å². The van der Waals surface area contributed by atoms with Crippen LogP contribution in [0.25, 0.3) is 0 Å². The SMILES string of the molecule is CCC1CCCCC1C(NC)c1ccccc1C(C)(C)C. The van der Waals surface area contributed by atoms with Gasteiger partial charge < -0.3 is 5.32 Å². The van der Waals surface area contributed by atoms with Crippen LogP contribution in [0.4, 0.5) is 0 Å². The fraction of sp³-hybridized carbons (Fsp3) is 0.700. The standard InChI is InChI=1S/C20H33N/c1-6-15-11-7-8-12-16(15)19(21-5)17-13-9-10-14-18(17)20(2,3)4/h9-10,13-16,19,21H,6-8,11-12H2,1-5H3. The zero-order valence-corrected chi connectivity index (χ0v) is 14.6. The highest BCUT2D eigenvalue weighted by molar-refractivity contribution is 5.35. The van der Waals surface area contributed by atoms with E-state index in [-0.39, 0.29) is 5.41 Å². The van der Waals surface area contributed by atoms with E-state index in [9.17, 15) is 0 Å². The second kappa shape index (κ2) is 6.96. The molecule has 1 nitrogen and oxygen atoms in total. The van der Waals surface area contributed by atoms with Gasteiger partial charge in [-0.15, -0.1) is 0 Å². The summed E-state index contributed by atoms with van der Waals surface area (Å²) in [5, 5.41) is 3.66. The minimum Gasteiger partial charge on any atom is -0.313 e. The first-order valence-corrected chi connectivity index (χ1v) is 8.75. The molecule has 0 radical (unpaired) electrons. The minimum atomic E-state index is 0.210. The van der Waals surface area contributed by atoms with Gasteiger partial charge in [0, 0.05) is 6.04 Å². The molecule has 0 spiro atoms. The molecule has 0 heterocycles. The lowest BCUT2D eigenvalue weighted by molar-refractivity contribution is 0.179. The Morgan fingerprint density at radius 1 is 1.14 bits per heavy atom. The van der Waals surface area contributed by atoms with Crippen LogP contribution in [-0.4, -0.2) is 7.05 Å². The number of rotatable bonds is 4. The first kappa shape index (κ1) is 16.5. The normalized spacial score (nSPS) is 24.8. The van der Waals surface area contributed by atoms with Gasteiger partial charge in [-0.1, -0.05) is 77.6 Å². The van der Waals surface area contributed by atoms with Crippen LogP contribution in [0, 0.1) is 11.8 Å². The van der Waals surface area contributed by atoms with Crippen molar-refractivity contribution in [2.75, 3.05) is 7.05 Å². The molecule has 0 aromatic heterocycles. The fourth-order valence-corrected chi connectivity index (χ4v) is 4.23. The first-order valence-electron chi connectivity index (χ1n) is 8.75. The Balaban J connectivity index is 2.37. The van der Waals surface area contributed by atoms with Crippen molar-refractivity contribution in [2.45, 2.75) is 71.3 Å². The van der Waals surface area contributed by atoms with Crippen LogP contribution in [0.2, 0.25) is 0 Å². The summed E-state index contributed by atoms with van der Waals surface area (Å²) >= 11 is 0. The Morgan fingerprint density at radius 2 is 1.81 bits per heavy atom. The molecule has 1 aliphatic rings. The zero-order chi connectivity index (χ0) is 15.5. The Morgan fingerprint density at radius 3 is 2.43 bits per heavy atom. The Bertz CT molecular complexity index is 443. The summed E-state index contributed by atoms with van der Waals surface area (Å²) in [5.41, 5.74) is 3.24. The summed E-state index contributed by atoms with van der Waals surface area (Å²) in [6.07, 6.45) is 6.93. The van der Waals surface area contributed by atoms with E-state index in [0.29, 0.717) is 6.04 Å². The topological polar surface area (TPSA) is 12.0 Å². The molecule has 0 aliphatic heterocycles. The highest BCUT2D eigenvalue weighted by Crippen LogP contribution is 2.42. The molecule has 1 fully saturated rings. The van der Waals surface area contributed by atoms with E-state index in [4.69, 9.17) is 0 Å². The van der Waals surface area contributed by atoms with E-state index in [0.717, 1.165) is 11.8 Å². The number of hydrogen-bond acceptors (Lipinski definition) is 1. The second-order valence-corrected chi connectivity index (χ2v) is 7.72. The van der Waals surface area contributed by atoms with Gasteiger partial charge in [0.15, 0.2) is 0 Å². The summed E-state index contributed by atoms with van der Waals surface area (Å²) in [5.74, 6) is 1.67. The van der Waals surface area contributed by atoms with Gasteiger partial charge >= 0.3 is 0 Å². The van der Waals surface area contributed by atoms with Gasteiger partial charge in [-0.3, -0.25) is 0 Å². The number of hydrogen-bond donors (Lipinski definition) is 1. The lowest BCUT2D eigenvalue weighted by Crippen LogP contribution is -2.34. The van der Waals surface area contributed by atoms with E-state index in [1.54, 1.807) is 0 Å². The average Bonchev–Trinajstić information content (AvgIpc) is 2.48. The maximum absolute atomic E-state index is 3.66. The van der Waals surface area contributed by atoms with Crippen LogP contribution in [0.15, 0.2) is 24.3 Å². The van der Waals surface area contributed by atoms with Crippen LogP contribution in [-0.2, 0) is 5.41 Å². The Kier molecular flexibility index (Phi) is 5.48. The first-order chi connectivity index (χ1) is 9.99. The quantitative estimate of drug-likeness (QED) is 0.775. The van der Waals surface area contributed by atoms with Crippen molar-refractivity contribution in [3.8, 4) is 0 Å². The van der Waals surface area contributed by atoms with Crippen LogP contribution >= 0.6 is 0 Å². The lowest BCUT2D eigenvalue weighted by atomic mass is 9.70. The molecule has 1 aromatic rings. The van der Waals surface area contributed by atoms with E-state index >= 15 is 0 Å². The molecule has 3 atom stereocenters. The van der Waals surface area contributed by atoms with Crippen molar-refractivity contribution in [2.24, 2.45) is 11.8 Å². The maximum Gasteiger partial charge on any atom is 0.0351 e. The third-order valence-corrected chi connectivity index (χ3v) is 5.34. The predicted molar refractivity (Wildman–Crippen MR) is 92.7 cm³/mol. The fourth-order valence-electron chi connectivity index (χ4n) is 4.23. The van der Waals surface area contributed by atoms with E-state index in [2.05, 4.69) is 64.3 Å². The predicted octanol–water partition coefficient (Wildman–Crippen LogP) is 5.46. The molecule has 2 rings (SSSR count). The highest BCUT2D eigenvalue weighted by atomic mass is 14.9. The molecule has 1 saturated carbocycles. The monoisotopic (exact) mass is 287 g/mol. The maximum atomic E-state index is 3.66. The molecule has 0 saturated heterocycles. The van der Waals surface area contributed by atoms with Gasteiger partial charge in [0.25, 0.3) is 0 Å². The van der Waals surface area contributed by atoms with E-state index < -0.39 is 0 Å². The molecule has 1 N–H and O–H groups in total. The van der Waals surface area contributed by atoms with Crippen LogP contribution < -0.4 is 5.32 Å². The summed E-state index contributed by atoms with van der Waals surface area (Å²) in [4.78, 5) is 0. The average molecular weight is 287 g/mol. The van der Waals surface area contributed by atoms with E-state index in [1.165, 1.54) is 43.2 Å². The van der Waals surface area contributed by atoms with Gasteiger partial charge in [0.2, 0.25) is 0 Å². The summed E-state index contributed by atoms with van der Waals surface area (Å²) in [7, 11) is 2.14. The van der Waals surface area contributed by atoms with Crippen molar-refractivity contribution in [1.82, 2.24) is 5.32 Å². The lowest BCUT2D eigenvalue weighted by Gasteiger charge is -2.39. The molecule has 0 amide bonds. The van der Waals surface area contributed by atoms with Crippen molar-refractivity contribution in [1.29, 1.82) is 0 Å². The molecular weight excluding hydrogens is 254 g/mol. The molecule has 118 valence electrons. The summed E-state index contributed by atoms with van der Waals surface area (Å²) < 4.78 is 0. The highest BCUT2D eigenvalue weighted by Gasteiger charge is 2.33. The van der Waals surface area contributed by atoms with Crippen molar-refractivity contribution in [3.05, 3.63) is 35.4 Å². The number of benzene rings is 1. The van der Waals surface area contributed by atoms with Gasteiger partial charge in [0.05, 0.1) is 0 Å². The molecule has 1 heteroatoms. The molecule has 1 aliphatic carbocycles. The van der Waals surface area contributed by atoms with Gasteiger partial charge in [-0.2, -0.15) is 0 Å². The van der Waals surface area contributed by atoms with Crippen LogP contribution in [0.5, 0.6) is 0 Å². The van der Waals surface area contributed by atoms with Crippen molar-refractivity contribution < 1.29 is 0 Å². The van der Waals surface area contributed by atoms with Gasteiger partial charge in [-0.05, 0) is 41.8 Å². The summed E-state index contributed by atoms with van der Waals surface area (Å²) in [6, 6.07) is 9.57. The van der Waals surface area contributed by atoms with Gasteiger partial charge in [0.1, 0.15) is 0 Å². The molecule has 21 heavy (non-hydrogen) atoms. The largest absolute Gasteiger partial charge is 0.313 e. The zero-order valence-electron chi connectivity index (χ0n) is 14.6. The van der Waals surface area contributed by atoms with Gasteiger partial charge in [-0.25, -0.2) is 0 Å². The minimum absolute atomic E-state index is 0.210. The Labute approximate surface area is 131 Å². The Hall–Kier alpha value is -0.820. The molecule has 1 aromatic carbocycles. The summed E-state index contributed by atoms with van der Waals surface area (Å²) in [6.45, 7) is 9.36. The third-order valence-electron chi connectivity index (χ3n) is 5.34. The number of nitrogens with one attached hydrogen (secondary N) is 1. The molecular formula is C20H33N. The van der Waals surface area contributed by atoms with Crippen molar-refractivity contribution >= 4 is 0 Å². The third kappa shape index (κ3) is 3.69. The van der Waals surface area contributed by atoms with E-state index in [1.807, 2.05) is 0 Å². The van der Waals surface area contributed by atoms with Crippen LogP contribution in [0.3, 0.4) is 0 Å². The second-order valence-electron chi connectivity index (χ2n) is 7.72. The molecule has 3 unspecified atom stereocenters. The van der Waals surface area contributed by atoms with Crippen molar-refractivity contribution in [3.63, 3.8) is 0 Å². The smallest absolute Gasteiger partial charge is 0.0351 e.